The molecule has 1 aliphatic heterocycles. The van der Waals surface area contributed by atoms with Crippen LogP contribution in [0, 0.1) is 0 Å². The summed E-state index contributed by atoms with van der Waals surface area (Å²) in [6.45, 7) is 2.37. The second-order valence-corrected chi connectivity index (χ2v) is 6.08. The lowest BCUT2D eigenvalue weighted by molar-refractivity contribution is -0.135. The van der Waals surface area contributed by atoms with E-state index in [0.29, 0.717) is 6.54 Å². The number of amides is 2. The molecule has 0 saturated carbocycles. The van der Waals surface area contributed by atoms with Gasteiger partial charge >= 0.3 is 0 Å². The molecule has 2 aromatic rings. The van der Waals surface area contributed by atoms with E-state index in [1.807, 2.05) is 17.0 Å². The van der Waals surface area contributed by atoms with Crippen molar-refractivity contribution < 1.29 is 18.4 Å². The molecule has 1 aliphatic rings. The third-order valence-corrected chi connectivity index (χ3v) is 4.37. The molecule has 6 heteroatoms. The number of hydrogen-bond donors (Lipinski definition) is 1. The highest BCUT2D eigenvalue weighted by Gasteiger charge is 2.32. The molecule has 0 aromatic carbocycles. The number of nitrogens with one attached hydrogen (secondary N) is 1. The summed E-state index contributed by atoms with van der Waals surface area (Å²) in [5.74, 6) is 0.520. The molecule has 24 heavy (non-hydrogen) atoms. The van der Waals surface area contributed by atoms with Crippen molar-refractivity contribution in [3.8, 4) is 0 Å². The van der Waals surface area contributed by atoms with E-state index in [1.165, 1.54) is 6.26 Å². The highest BCUT2D eigenvalue weighted by Crippen LogP contribution is 2.30. The third kappa shape index (κ3) is 3.53. The van der Waals surface area contributed by atoms with Crippen molar-refractivity contribution in [3.63, 3.8) is 0 Å². The summed E-state index contributed by atoms with van der Waals surface area (Å²) >= 11 is 0. The van der Waals surface area contributed by atoms with Crippen LogP contribution >= 0.6 is 0 Å². The van der Waals surface area contributed by atoms with Gasteiger partial charge in [0.05, 0.1) is 18.6 Å². The summed E-state index contributed by atoms with van der Waals surface area (Å²) in [7, 11) is 0. The van der Waals surface area contributed by atoms with Gasteiger partial charge < -0.3 is 19.1 Å². The van der Waals surface area contributed by atoms with E-state index in [4.69, 9.17) is 8.83 Å². The highest BCUT2D eigenvalue weighted by molar-refractivity contribution is 5.95. The Morgan fingerprint density at radius 3 is 2.67 bits per heavy atom. The summed E-state index contributed by atoms with van der Waals surface area (Å²) < 4.78 is 10.6. The maximum absolute atomic E-state index is 12.9. The molecular weight excluding hydrogens is 308 g/mol. The van der Waals surface area contributed by atoms with Crippen LogP contribution in [0.2, 0.25) is 0 Å². The van der Waals surface area contributed by atoms with Crippen molar-refractivity contribution in [1.82, 2.24) is 10.2 Å². The van der Waals surface area contributed by atoms with Crippen molar-refractivity contribution >= 4 is 11.8 Å². The predicted octanol–water partition coefficient (Wildman–Crippen LogP) is 3.13. The van der Waals surface area contributed by atoms with Crippen molar-refractivity contribution in [2.45, 2.75) is 44.7 Å². The Labute approximate surface area is 140 Å². The Kier molecular flexibility index (Phi) is 5.03. The third-order valence-electron chi connectivity index (χ3n) is 4.37. The fourth-order valence-corrected chi connectivity index (χ4v) is 3.13. The maximum Gasteiger partial charge on any atom is 0.287 e. The van der Waals surface area contributed by atoms with Crippen LogP contribution in [-0.2, 0) is 4.79 Å². The van der Waals surface area contributed by atoms with Gasteiger partial charge in [0.25, 0.3) is 5.91 Å². The molecule has 6 nitrogen and oxygen atoms in total. The summed E-state index contributed by atoms with van der Waals surface area (Å²) in [6, 6.07) is 6.26. The van der Waals surface area contributed by atoms with Gasteiger partial charge in [0.1, 0.15) is 11.8 Å². The van der Waals surface area contributed by atoms with E-state index in [9.17, 15) is 9.59 Å². The normalized spacial score (nSPS) is 19.5. The van der Waals surface area contributed by atoms with Gasteiger partial charge in [-0.05, 0) is 44.0 Å². The van der Waals surface area contributed by atoms with Gasteiger partial charge in [0.15, 0.2) is 5.76 Å². The molecule has 0 aliphatic carbocycles. The van der Waals surface area contributed by atoms with E-state index in [0.717, 1.165) is 31.4 Å². The number of furan rings is 2. The summed E-state index contributed by atoms with van der Waals surface area (Å²) in [4.78, 5) is 26.8. The molecule has 128 valence electrons. The SMILES string of the molecule is C[C@H](NC(=O)c1ccco1)C(=O)N1CCCCC[C@H]1c1ccco1. The topological polar surface area (TPSA) is 75.7 Å². The van der Waals surface area contributed by atoms with Crippen LogP contribution in [0.4, 0.5) is 0 Å². The molecule has 0 radical (unpaired) electrons. The largest absolute Gasteiger partial charge is 0.467 e. The molecule has 0 bridgehead atoms. The number of nitrogens with zero attached hydrogens (tertiary/aromatic N) is 1. The van der Waals surface area contributed by atoms with Crippen molar-refractivity contribution in [3.05, 3.63) is 48.3 Å². The fourth-order valence-electron chi connectivity index (χ4n) is 3.13. The zero-order valence-corrected chi connectivity index (χ0v) is 13.7. The minimum atomic E-state index is -0.627. The smallest absolute Gasteiger partial charge is 0.287 e. The Morgan fingerprint density at radius 2 is 1.96 bits per heavy atom. The lowest BCUT2D eigenvalue weighted by atomic mass is 10.1. The predicted molar refractivity (Wildman–Crippen MR) is 87.3 cm³/mol. The van der Waals surface area contributed by atoms with Crippen LogP contribution in [-0.4, -0.2) is 29.3 Å². The van der Waals surface area contributed by atoms with Crippen molar-refractivity contribution in [1.29, 1.82) is 0 Å². The standard InChI is InChI=1S/C18H22N2O4/c1-13(19-17(21)16-9-6-12-24-16)18(22)20-10-4-2-3-7-14(20)15-8-5-11-23-15/h5-6,8-9,11-14H,2-4,7,10H2,1H3,(H,19,21)/t13-,14-/m0/s1. The Morgan fingerprint density at radius 1 is 1.17 bits per heavy atom. The Balaban J connectivity index is 1.71. The summed E-state index contributed by atoms with van der Waals surface area (Å²) in [5.41, 5.74) is 0. The van der Waals surface area contributed by atoms with Gasteiger partial charge in [-0.3, -0.25) is 9.59 Å². The fraction of sp³-hybridized carbons (Fsp3) is 0.444. The van der Waals surface area contributed by atoms with Crippen LogP contribution in [0.5, 0.6) is 0 Å². The van der Waals surface area contributed by atoms with E-state index < -0.39 is 6.04 Å². The molecule has 3 rings (SSSR count). The second-order valence-electron chi connectivity index (χ2n) is 6.08. The summed E-state index contributed by atoms with van der Waals surface area (Å²) in [6.07, 6.45) is 7.05. The van der Waals surface area contributed by atoms with Gasteiger partial charge in [0, 0.05) is 6.54 Å². The highest BCUT2D eigenvalue weighted by atomic mass is 16.3. The average Bonchev–Trinajstić information content (AvgIpc) is 3.24. The molecule has 1 N–H and O–H groups in total. The first-order valence-electron chi connectivity index (χ1n) is 8.35. The number of hydrogen-bond acceptors (Lipinski definition) is 4. The van der Waals surface area contributed by atoms with E-state index >= 15 is 0 Å². The van der Waals surface area contributed by atoms with Crippen LogP contribution in [0.3, 0.4) is 0 Å². The minimum absolute atomic E-state index is 0.0713. The van der Waals surface area contributed by atoms with Crippen LogP contribution in [0.1, 0.15) is 55.0 Å². The van der Waals surface area contributed by atoms with Gasteiger partial charge in [-0.25, -0.2) is 0 Å². The van der Waals surface area contributed by atoms with E-state index in [1.54, 1.807) is 25.3 Å². The van der Waals surface area contributed by atoms with Crippen LogP contribution < -0.4 is 5.32 Å². The number of carbonyl (C=O) groups is 2. The monoisotopic (exact) mass is 330 g/mol. The van der Waals surface area contributed by atoms with Crippen LogP contribution in [0.15, 0.2) is 45.6 Å². The molecule has 0 unspecified atom stereocenters. The van der Waals surface area contributed by atoms with Gasteiger partial charge in [-0.15, -0.1) is 0 Å². The van der Waals surface area contributed by atoms with E-state index in [2.05, 4.69) is 5.32 Å². The molecule has 1 fully saturated rings. The molecule has 2 aromatic heterocycles. The first-order chi connectivity index (χ1) is 11.7. The molecule has 2 amide bonds. The molecular formula is C18H22N2O4. The van der Waals surface area contributed by atoms with Crippen molar-refractivity contribution in [2.24, 2.45) is 0 Å². The Bertz CT molecular complexity index is 663. The van der Waals surface area contributed by atoms with Crippen molar-refractivity contribution in [2.75, 3.05) is 6.54 Å². The van der Waals surface area contributed by atoms with Gasteiger partial charge in [-0.1, -0.05) is 12.8 Å². The maximum atomic E-state index is 12.9. The molecule has 2 atom stereocenters. The van der Waals surface area contributed by atoms with Gasteiger partial charge in [0.2, 0.25) is 5.91 Å². The van der Waals surface area contributed by atoms with Gasteiger partial charge in [-0.2, -0.15) is 0 Å². The lowest BCUT2D eigenvalue weighted by Crippen LogP contribution is -2.48. The Hall–Kier alpha value is -2.50. The lowest BCUT2D eigenvalue weighted by Gasteiger charge is -2.31. The zero-order chi connectivity index (χ0) is 16.9. The quantitative estimate of drug-likeness (QED) is 0.934. The average molecular weight is 330 g/mol. The number of carbonyl (C=O) groups excluding carboxylic acids is 2. The molecule has 1 saturated heterocycles. The zero-order valence-electron chi connectivity index (χ0n) is 13.7. The number of rotatable bonds is 4. The molecule has 0 spiro atoms. The first-order valence-corrected chi connectivity index (χ1v) is 8.35. The summed E-state index contributed by atoms with van der Waals surface area (Å²) in [5, 5.41) is 2.71. The minimum Gasteiger partial charge on any atom is -0.467 e. The first kappa shape index (κ1) is 16.4. The van der Waals surface area contributed by atoms with Crippen LogP contribution in [0.25, 0.3) is 0 Å². The second kappa shape index (κ2) is 7.38. The molecule has 3 heterocycles. The number of likely N-dealkylation sites (tertiary alicyclic amines) is 1. The van der Waals surface area contributed by atoms with E-state index in [-0.39, 0.29) is 23.6 Å².